The van der Waals surface area contributed by atoms with Crippen LogP contribution in [-0.2, 0) is 20.7 Å². The summed E-state index contributed by atoms with van der Waals surface area (Å²) < 4.78 is 18.4. The Morgan fingerprint density at radius 3 is 2.48 bits per heavy atom. The molecule has 6 heteroatoms. The molecular formula is C25H24FNO3S. The highest BCUT2D eigenvalue weighted by Crippen LogP contribution is 2.24. The maximum absolute atomic E-state index is 13.2. The Kier molecular flexibility index (Phi) is 8.12. The highest BCUT2D eigenvalue weighted by Gasteiger charge is 2.17. The van der Waals surface area contributed by atoms with E-state index in [1.807, 2.05) is 36.6 Å². The highest BCUT2D eigenvalue weighted by atomic mass is 32.1. The van der Waals surface area contributed by atoms with Gasteiger partial charge in [0.05, 0.1) is 5.57 Å². The zero-order valence-electron chi connectivity index (χ0n) is 17.2. The first-order valence-electron chi connectivity index (χ1n) is 10.0. The minimum absolute atomic E-state index is 0.0436. The first-order chi connectivity index (χ1) is 15.0. The number of carbonyl (C=O) groups excluding carboxylic acids is 2. The molecule has 3 rings (SSSR count). The van der Waals surface area contributed by atoms with Crippen LogP contribution >= 0.6 is 11.3 Å². The summed E-state index contributed by atoms with van der Waals surface area (Å²) in [6, 6.07) is 19.4. The Morgan fingerprint density at radius 1 is 1.06 bits per heavy atom. The summed E-state index contributed by atoms with van der Waals surface area (Å²) in [7, 11) is 0. The lowest BCUT2D eigenvalue weighted by Gasteiger charge is -2.14. The summed E-state index contributed by atoms with van der Waals surface area (Å²) >= 11 is 1.39. The number of aryl methyl sites for hydroxylation is 1. The monoisotopic (exact) mass is 437 g/mol. The number of thiophene rings is 1. The summed E-state index contributed by atoms with van der Waals surface area (Å²) in [4.78, 5) is 25.6. The molecular weight excluding hydrogens is 413 g/mol. The van der Waals surface area contributed by atoms with Gasteiger partial charge in [-0.25, -0.2) is 9.18 Å². The largest absolute Gasteiger partial charge is 0.452 e. The molecule has 1 aromatic heterocycles. The number of hydrogen-bond acceptors (Lipinski definition) is 4. The molecule has 1 unspecified atom stereocenters. The molecule has 0 fully saturated rings. The van der Waals surface area contributed by atoms with Crippen LogP contribution in [-0.4, -0.2) is 24.5 Å². The van der Waals surface area contributed by atoms with Crippen LogP contribution in [0.2, 0.25) is 0 Å². The van der Waals surface area contributed by atoms with E-state index in [1.54, 1.807) is 24.3 Å². The molecule has 0 radical (unpaired) electrons. The predicted molar refractivity (Wildman–Crippen MR) is 122 cm³/mol. The van der Waals surface area contributed by atoms with Crippen LogP contribution < -0.4 is 5.32 Å². The van der Waals surface area contributed by atoms with Crippen molar-refractivity contribution in [1.82, 2.24) is 5.32 Å². The lowest BCUT2D eigenvalue weighted by atomic mass is 10.1. The van der Waals surface area contributed by atoms with E-state index in [1.165, 1.54) is 29.0 Å². The summed E-state index contributed by atoms with van der Waals surface area (Å²) in [5.74, 6) is -1.30. The quantitative estimate of drug-likeness (QED) is 0.374. The van der Waals surface area contributed by atoms with Crippen molar-refractivity contribution in [1.29, 1.82) is 0 Å². The van der Waals surface area contributed by atoms with Crippen LogP contribution in [0, 0.1) is 5.82 Å². The molecule has 0 saturated heterocycles. The number of nitrogens with one attached hydrogen (secondary N) is 1. The fourth-order valence-corrected chi connectivity index (χ4v) is 3.74. The molecule has 3 aromatic rings. The number of hydrogen-bond donors (Lipinski definition) is 1. The normalized spacial score (nSPS) is 12.3. The number of carbonyl (C=O) groups is 2. The van der Waals surface area contributed by atoms with Gasteiger partial charge in [0.15, 0.2) is 6.61 Å². The number of halogens is 1. The first kappa shape index (κ1) is 22.4. The molecule has 1 N–H and O–H groups in total. The Bertz CT molecular complexity index is 1010. The maximum atomic E-state index is 13.2. The lowest BCUT2D eigenvalue weighted by Crippen LogP contribution is -2.36. The lowest BCUT2D eigenvalue weighted by molar-refractivity contribution is -0.143. The molecule has 0 aliphatic carbocycles. The fourth-order valence-electron chi connectivity index (χ4n) is 3.01. The minimum Gasteiger partial charge on any atom is -0.452 e. The van der Waals surface area contributed by atoms with Crippen LogP contribution in [0.4, 0.5) is 4.39 Å². The summed E-state index contributed by atoms with van der Waals surface area (Å²) in [5.41, 5.74) is 2.20. The van der Waals surface area contributed by atoms with Crippen molar-refractivity contribution < 1.29 is 18.7 Å². The number of ether oxygens (including phenoxy) is 1. The van der Waals surface area contributed by atoms with Crippen molar-refractivity contribution in [2.24, 2.45) is 0 Å². The third kappa shape index (κ3) is 7.19. The molecule has 0 saturated carbocycles. The van der Waals surface area contributed by atoms with Crippen molar-refractivity contribution >= 4 is 34.9 Å². The SMILES string of the molecule is CC(CCc1ccccc1)NC(=O)COC(=O)/C(=C/c1ccc(F)cc1)c1cccs1. The maximum Gasteiger partial charge on any atom is 0.340 e. The smallest absolute Gasteiger partial charge is 0.340 e. The van der Waals surface area contributed by atoms with Crippen LogP contribution in [0.3, 0.4) is 0 Å². The third-order valence-electron chi connectivity index (χ3n) is 4.64. The number of esters is 1. The minimum atomic E-state index is -0.598. The Hall–Kier alpha value is -3.25. The standard InChI is InChI=1S/C25H24FNO3S/c1-18(9-10-19-6-3-2-4-7-19)27-24(28)17-30-25(29)22(23-8-5-15-31-23)16-20-11-13-21(26)14-12-20/h2-8,11-16,18H,9-10,17H2,1H3,(H,27,28)/b22-16+. The van der Waals surface area contributed by atoms with Gasteiger partial charge in [0, 0.05) is 10.9 Å². The van der Waals surface area contributed by atoms with Crippen molar-refractivity contribution in [3.05, 3.63) is 93.9 Å². The molecule has 0 aliphatic heterocycles. The first-order valence-corrected chi connectivity index (χ1v) is 10.9. The van der Waals surface area contributed by atoms with E-state index in [0.29, 0.717) is 16.0 Å². The zero-order valence-corrected chi connectivity index (χ0v) is 18.0. The molecule has 1 heterocycles. The zero-order chi connectivity index (χ0) is 22.1. The van der Waals surface area contributed by atoms with Gasteiger partial charge in [0.1, 0.15) is 5.82 Å². The van der Waals surface area contributed by atoms with Gasteiger partial charge < -0.3 is 10.1 Å². The van der Waals surface area contributed by atoms with E-state index < -0.39 is 5.97 Å². The Labute approximate surface area is 185 Å². The second-order valence-corrected chi connectivity index (χ2v) is 8.10. The number of rotatable bonds is 9. The van der Waals surface area contributed by atoms with Gasteiger partial charge in [0.2, 0.25) is 0 Å². The van der Waals surface area contributed by atoms with E-state index >= 15 is 0 Å². The van der Waals surface area contributed by atoms with Crippen molar-refractivity contribution in [3.8, 4) is 0 Å². The van der Waals surface area contributed by atoms with Gasteiger partial charge in [-0.15, -0.1) is 11.3 Å². The van der Waals surface area contributed by atoms with Gasteiger partial charge in [0.25, 0.3) is 5.91 Å². The van der Waals surface area contributed by atoms with Crippen LogP contribution in [0.15, 0.2) is 72.1 Å². The molecule has 1 atom stereocenters. The van der Waals surface area contributed by atoms with Gasteiger partial charge in [-0.05, 0) is 60.5 Å². The molecule has 1 amide bonds. The van der Waals surface area contributed by atoms with Crippen LogP contribution in [0.1, 0.15) is 29.3 Å². The Balaban J connectivity index is 1.55. The number of benzene rings is 2. The average Bonchev–Trinajstić information content (AvgIpc) is 3.31. The van der Waals surface area contributed by atoms with Gasteiger partial charge in [-0.2, -0.15) is 0 Å². The molecule has 0 bridgehead atoms. The molecule has 160 valence electrons. The molecule has 2 aromatic carbocycles. The van der Waals surface area contributed by atoms with E-state index in [9.17, 15) is 14.0 Å². The second-order valence-electron chi connectivity index (χ2n) is 7.16. The van der Waals surface area contributed by atoms with E-state index in [0.717, 1.165) is 12.8 Å². The van der Waals surface area contributed by atoms with Crippen molar-refractivity contribution in [3.63, 3.8) is 0 Å². The predicted octanol–water partition coefficient (Wildman–Crippen LogP) is 5.11. The third-order valence-corrected chi connectivity index (χ3v) is 5.54. The van der Waals surface area contributed by atoms with Crippen molar-refractivity contribution in [2.45, 2.75) is 25.8 Å². The van der Waals surface area contributed by atoms with E-state index in [-0.39, 0.29) is 24.4 Å². The highest BCUT2D eigenvalue weighted by molar-refractivity contribution is 7.11. The van der Waals surface area contributed by atoms with Crippen LogP contribution in [0.25, 0.3) is 11.6 Å². The Morgan fingerprint density at radius 2 is 1.81 bits per heavy atom. The van der Waals surface area contributed by atoms with Gasteiger partial charge >= 0.3 is 5.97 Å². The van der Waals surface area contributed by atoms with E-state index in [4.69, 9.17) is 4.74 Å². The topological polar surface area (TPSA) is 55.4 Å². The number of amides is 1. The second kappa shape index (κ2) is 11.2. The van der Waals surface area contributed by atoms with Gasteiger partial charge in [-0.3, -0.25) is 4.79 Å². The van der Waals surface area contributed by atoms with Crippen LogP contribution in [0.5, 0.6) is 0 Å². The van der Waals surface area contributed by atoms with Gasteiger partial charge in [-0.1, -0.05) is 48.5 Å². The summed E-state index contributed by atoms with van der Waals surface area (Å²) in [6.07, 6.45) is 3.27. The van der Waals surface area contributed by atoms with Crippen molar-refractivity contribution in [2.75, 3.05) is 6.61 Å². The molecule has 0 spiro atoms. The van der Waals surface area contributed by atoms with E-state index in [2.05, 4.69) is 17.4 Å². The summed E-state index contributed by atoms with van der Waals surface area (Å²) in [5, 5.41) is 4.71. The fraction of sp³-hybridized carbons (Fsp3) is 0.200. The summed E-state index contributed by atoms with van der Waals surface area (Å²) in [6.45, 7) is 1.56. The molecule has 31 heavy (non-hydrogen) atoms. The molecule has 0 aliphatic rings. The average molecular weight is 438 g/mol. The molecule has 4 nitrogen and oxygen atoms in total.